The molecule has 0 atom stereocenters. The maximum absolute atomic E-state index is 11.4. The summed E-state index contributed by atoms with van der Waals surface area (Å²) in [4.78, 5) is 10.8. The molecule has 0 aliphatic heterocycles. The molecule has 0 bridgehead atoms. The van der Waals surface area contributed by atoms with Crippen molar-refractivity contribution < 1.29 is 23.1 Å². The van der Waals surface area contributed by atoms with Gasteiger partial charge in [0, 0.05) is 5.56 Å². The van der Waals surface area contributed by atoms with E-state index in [1.54, 1.807) is 0 Å². The van der Waals surface area contributed by atoms with Crippen molar-refractivity contribution in [3.63, 3.8) is 0 Å². The van der Waals surface area contributed by atoms with Gasteiger partial charge < -0.3 is 9.84 Å². The van der Waals surface area contributed by atoms with Crippen molar-refractivity contribution in [1.82, 2.24) is 0 Å². The smallest absolute Gasteiger partial charge is 0.337 e. The number of carbonyl (C=O) groups is 1. The van der Waals surface area contributed by atoms with Crippen molar-refractivity contribution in [3.8, 4) is 5.75 Å². The van der Waals surface area contributed by atoms with Crippen LogP contribution >= 0.6 is 0 Å². The Morgan fingerprint density at radius 1 is 1.41 bits per heavy atom. The summed E-state index contributed by atoms with van der Waals surface area (Å²) in [5.74, 6) is -1.04. The molecule has 0 amide bonds. The molecule has 0 aromatic heterocycles. The quantitative estimate of drug-likeness (QED) is 0.829. The molecule has 7 heteroatoms. The Morgan fingerprint density at radius 3 is 2.29 bits per heavy atom. The number of ether oxygens (including phenoxy) is 1. The summed E-state index contributed by atoms with van der Waals surface area (Å²) in [6, 6.07) is 1.45. The number of methoxy groups -OCH3 is 1. The van der Waals surface area contributed by atoms with Gasteiger partial charge in [0.1, 0.15) is 5.75 Å². The van der Waals surface area contributed by atoms with Crippen molar-refractivity contribution in [2.45, 2.75) is 18.7 Å². The molecule has 0 saturated carbocycles. The van der Waals surface area contributed by atoms with Gasteiger partial charge in [0.2, 0.25) is 10.0 Å². The maximum atomic E-state index is 11.4. The molecule has 0 radical (unpaired) electrons. The number of nitrogens with two attached hydrogens (primary N) is 1. The average molecular weight is 259 g/mol. The van der Waals surface area contributed by atoms with Gasteiger partial charge in [0.05, 0.1) is 17.6 Å². The standard InChI is InChI=1S/C10H13NO5S/c1-5-4-7(16-3)6(2)8(10(12)13)9(5)17(11,14)15/h4H,1-3H3,(H,12,13)(H2,11,14,15). The molecule has 1 aromatic carbocycles. The van der Waals surface area contributed by atoms with E-state index in [4.69, 9.17) is 15.0 Å². The second-order valence-electron chi connectivity index (χ2n) is 3.58. The first-order chi connectivity index (χ1) is 7.70. The van der Waals surface area contributed by atoms with Crippen LogP contribution in [0, 0.1) is 13.8 Å². The fraction of sp³-hybridized carbons (Fsp3) is 0.300. The Hall–Kier alpha value is -1.60. The molecule has 0 heterocycles. The normalized spacial score (nSPS) is 11.3. The molecule has 1 rings (SSSR count). The Bertz CT molecular complexity index is 577. The molecule has 94 valence electrons. The molecule has 0 fully saturated rings. The molecule has 6 nitrogen and oxygen atoms in total. The van der Waals surface area contributed by atoms with Gasteiger partial charge in [-0.3, -0.25) is 0 Å². The van der Waals surface area contributed by atoms with Gasteiger partial charge in [0.25, 0.3) is 0 Å². The van der Waals surface area contributed by atoms with Crippen molar-refractivity contribution >= 4 is 16.0 Å². The van der Waals surface area contributed by atoms with Crippen LogP contribution in [-0.2, 0) is 10.0 Å². The highest BCUT2D eigenvalue weighted by atomic mass is 32.2. The van der Waals surface area contributed by atoms with E-state index in [0.29, 0.717) is 5.75 Å². The molecule has 17 heavy (non-hydrogen) atoms. The predicted molar refractivity (Wildman–Crippen MR) is 60.8 cm³/mol. The number of aromatic carboxylic acids is 1. The van der Waals surface area contributed by atoms with E-state index < -0.39 is 16.0 Å². The molecule has 0 unspecified atom stereocenters. The van der Waals surface area contributed by atoms with Crippen LogP contribution in [0.3, 0.4) is 0 Å². The molecule has 0 aliphatic carbocycles. The van der Waals surface area contributed by atoms with Gasteiger partial charge >= 0.3 is 5.97 Å². The zero-order chi connectivity index (χ0) is 13.4. The van der Waals surface area contributed by atoms with Crippen molar-refractivity contribution in [3.05, 3.63) is 22.8 Å². The zero-order valence-electron chi connectivity index (χ0n) is 9.64. The Balaban J connectivity index is 3.84. The fourth-order valence-corrected chi connectivity index (χ4v) is 2.73. The van der Waals surface area contributed by atoms with Gasteiger partial charge in [-0.15, -0.1) is 0 Å². The molecule has 0 saturated heterocycles. The lowest BCUT2D eigenvalue weighted by Gasteiger charge is -2.14. The number of carboxylic acid groups (broad SMARTS) is 1. The molecular weight excluding hydrogens is 246 g/mol. The summed E-state index contributed by atoms with van der Waals surface area (Å²) in [6.07, 6.45) is 0. The third kappa shape index (κ3) is 2.40. The minimum Gasteiger partial charge on any atom is -0.496 e. The Labute approximate surface area is 99.1 Å². The number of rotatable bonds is 3. The number of hydrogen-bond acceptors (Lipinski definition) is 4. The van der Waals surface area contributed by atoms with E-state index in [-0.39, 0.29) is 21.6 Å². The average Bonchev–Trinajstić information content (AvgIpc) is 2.17. The lowest BCUT2D eigenvalue weighted by atomic mass is 10.0. The van der Waals surface area contributed by atoms with Gasteiger partial charge in [-0.05, 0) is 25.5 Å². The van der Waals surface area contributed by atoms with E-state index in [2.05, 4.69) is 0 Å². The van der Waals surface area contributed by atoms with E-state index in [1.807, 2.05) is 0 Å². The minimum atomic E-state index is -4.09. The number of carboxylic acids is 1. The molecule has 0 spiro atoms. The minimum absolute atomic E-state index is 0.231. The number of hydrogen-bond donors (Lipinski definition) is 2. The van der Waals surface area contributed by atoms with Gasteiger partial charge in [-0.25, -0.2) is 18.4 Å². The molecule has 3 N–H and O–H groups in total. The van der Waals surface area contributed by atoms with Crippen LogP contribution in [0.5, 0.6) is 5.75 Å². The van der Waals surface area contributed by atoms with E-state index >= 15 is 0 Å². The first kappa shape index (κ1) is 13.5. The van der Waals surface area contributed by atoms with Crippen LogP contribution in [-0.4, -0.2) is 26.6 Å². The van der Waals surface area contributed by atoms with Gasteiger partial charge in [-0.1, -0.05) is 0 Å². The summed E-state index contributed by atoms with van der Waals surface area (Å²) in [5, 5.41) is 14.1. The first-order valence-corrected chi connectivity index (χ1v) is 6.19. The monoisotopic (exact) mass is 259 g/mol. The summed E-state index contributed by atoms with van der Waals surface area (Å²) in [7, 11) is -2.71. The summed E-state index contributed by atoms with van der Waals surface area (Å²) < 4.78 is 27.8. The maximum Gasteiger partial charge on any atom is 0.337 e. The van der Waals surface area contributed by atoms with E-state index in [9.17, 15) is 13.2 Å². The highest BCUT2D eigenvalue weighted by Gasteiger charge is 2.26. The van der Waals surface area contributed by atoms with Crippen LogP contribution < -0.4 is 9.88 Å². The molecular formula is C10H13NO5S. The van der Waals surface area contributed by atoms with Crippen LogP contribution in [0.25, 0.3) is 0 Å². The van der Waals surface area contributed by atoms with Crippen LogP contribution in [0.2, 0.25) is 0 Å². The lowest BCUT2D eigenvalue weighted by molar-refractivity contribution is 0.0691. The van der Waals surface area contributed by atoms with Crippen LogP contribution in [0.1, 0.15) is 21.5 Å². The summed E-state index contributed by atoms with van der Waals surface area (Å²) in [6.45, 7) is 2.94. The number of aryl methyl sites for hydroxylation is 1. The Kier molecular flexibility index (Phi) is 3.44. The zero-order valence-corrected chi connectivity index (χ0v) is 10.5. The third-order valence-electron chi connectivity index (χ3n) is 2.40. The lowest BCUT2D eigenvalue weighted by Crippen LogP contribution is -2.19. The largest absolute Gasteiger partial charge is 0.496 e. The van der Waals surface area contributed by atoms with Crippen molar-refractivity contribution in [1.29, 1.82) is 0 Å². The van der Waals surface area contributed by atoms with E-state index in [0.717, 1.165) is 0 Å². The number of sulfonamides is 1. The van der Waals surface area contributed by atoms with Gasteiger partial charge in [0.15, 0.2) is 0 Å². The van der Waals surface area contributed by atoms with Crippen LogP contribution in [0.15, 0.2) is 11.0 Å². The molecule has 1 aromatic rings. The highest BCUT2D eigenvalue weighted by Crippen LogP contribution is 2.30. The predicted octanol–water partition coefficient (Wildman–Crippen LogP) is 0.658. The fourth-order valence-electron chi connectivity index (χ4n) is 1.70. The SMILES string of the molecule is COc1cc(C)c(S(N)(=O)=O)c(C(=O)O)c1C. The van der Waals surface area contributed by atoms with Crippen molar-refractivity contribution in [2.75, 3.05) is 7.11 Å². The highest BCUT2D eigenvalue weighted by molar-refractivity contribution is 7.89. The summed E-state index contributed by atoms with van der Waals surface area (Å²) >= 11 is 0. The summed E-state index contributed by atoms with van der Waals surface area (Å²) in [5.41, 5.74) is 0.131. The number of benzene rings is 1. The van der Waals surface area contributed by atoms with Gasteiger partial charge in [-0.2, -0.15) is 0 Å². The second-order valence-corrected chi connectivity index (χ2v) is 5.07. The third-order valence-corrected chi connectivity index (χ3v) is 3.49. The van der Waals surface area contributed by atoms with Crippen molar-refractivity contribution in [2.24, 2.45) is 5.14 Å². The van der Waals surface area contributed by atoms with Crippen LogP contribution in [0.4, 0.5) is 0 Å². The number of primary sulfonamides is 1. The molecule has 0 aliphatic rings. The Morgan fingerprint density at radius 2 is 1.94 bits per heavy atom. The first-order valence-electron chi connectivity index (χ1n) is 4.64. The van der Waals surface area contributed by atoms with E-state index in [1.165, 1.54) is 27.0 Å². The second kappa shape index (κ2) is 4.34. The topological polar surface area (TPSA) is 107 Å².